The molecular weight excluding hydrogens is 939 g/mol. The standard InChI is InChI=1S/C59H34F2N8O5/c60-31-11-15-33(16-12-31)62-58(73)45-25-29-9-21-41-39-5-1-3-7-47(39)64-51(41)49(29)53(56(45)71)68-66-35-19-23-37-38-24-20-36(28-44(38)55(70)43(37)27-35)67-69-54-50-30(10-22-42-40-6-2-4-8-48(40)65-52(42)50)26-46(57(54)72)59(74)63-34-17-13-32(61)14-18-34/h1-28,64-65,71-72H,(H,62,73)(H,63,74). The number of phenols is 2. The summed E-state index contributed by atoms with van der Waals surface area (Å²) in [6.07, 6.45) is 0. The third-order valence-corrected chi connectivity index (χ3v) is 13.5. The van der Waals surface area contributed by atoms with E-state index in [1.807, 2.05) is 72.8 Å². The molecule has 0 saturated carbocycles. The van der Waals surface area contributed by atoms with E-state index >= 15 is 0 Å². The zero-order chi connectivity index (χ0) is 50.4. The van der Waals surface area contributed by atoms with Gasteiger partial charge in [-0.15, -0.1) is 10.2 Å². The van der Waals surface area contributed by atoms with Crippen molar-refractivity contribution in [2.45, 2.75) is 0 Å². The van der Waals surface area contributed by atoms with E-state index in [0.717, 1.165) is 32.6 Å². The van der Waals surface area contributed by atoms with Crippen LogP contribution >= 0.6 is 0 Å². The van der Waals surface area contributed by atoms with Gasteiger partial charge in [-0.05, 0) is 119 Å². The Bertz CT molecular complexity index is 4200. The highest BCUT2D eigenvalue weighted by atomic mass is 19.1. The fraction of sp³-hybridized carbons (Fsp3) is 0. The van der Waals surface area contributed by atoms with Crippen molar-refractivity contribution in [1.82, 2.24) is 9.97 Å². The lowest BCUT2D eigenvalue weighted by atomic mass is 10.00. The highest BCUT2D eigenvalue weighted by molar-refractivity contribution is 6.25. The number of nitrogens with zero attached hydrogens (tertiary/aromatic N) is 4. The average molecular weight is 973 g/mol. The maximum atomic E-state index is 14.3. The number of aromatic amines is 2. The van der Waals surface area contributed by atoms with Gasteiger partial charge in [0, 0.05) is 65.9 Å². The minimum absolute atomic E-state index is 0.0113. The van der Waals surface area contributed by atoms with E-state index in [1.54, 1.807) is 48.5 Å². The van der Waals surface area contributed by atoms with Gasteiger partial charge >= 0.3 is 0 Å². The highest BCUT2D eigenvalue weighted by Gasteiger charge is 2.29. The fourth-order valence-electron chi connectivity index (χ4n) is 9.96. The number of aromatic hydroxyl groups is 2. The first-order valence-corrected chi connectivity index (χ1v) is 23.2. The Hall–Kier alpha value is -10.4. The predicted molar refractivity (Wildman–Crippen MR) is 282 cm³/mol. The van der Waals surface area contributed by atoms with Gasteiger partial charge in [0.2, 0.25) is 0 Å². The first-order valence-electron chi connectivity index (χ1n) is 23.2. The molecule has 74 heavy (non-hydrogen) atoms. The predicted octanol–water partition coefficient (Wildman–Crippen LogP) is 15.5. The summed E-state index contributed by atoms with van der Waals surface area (Å²) < 4.78 is 27.4. The molecule has 2 aromatic heterocycles. The van der Waals surface area contributed by atoms with Crippen LogP contribution in [0.15, 0.2) is 190 Å². The van der Waals surface area contributed by atoms with E-state index in [1.165, 1.54) is 48.5 Å². The van der Waals surface area contributed by atoms with Crippen molar-refractivity contribution in [2.24, 2.45) is 20.5 Å². The molecule has 0 atom stereocenters. The molecule has 0 fully saturated rings. The van der Waals surface area contributed by atoms with Crippen molar-refractivity contribution in [2.75, 3.05) is 10.6 Å². The number of azo groups is 2. The van der Waals surface area contributed by atoms with Gasteiger partial charge in [-0.25, -0.2) is 8.78 Å². The van der Waals surface area contributed by atoms with Crippen LogP contribution in [0.3, 0.4) is 0 Å². The molecule has 0 bridgehead atoms. The molecule has 15 heteroatoms. The number of H-pyrrole nitrogens is 2. The van der Waals surface area contributed by atoms with Gasteiger partial charge in [0.25, 0.3) is 11.8 Å². The number of hydrogen-bond donors (Lipinski definition) is 6. The molecule has 13 nitrogen and oxygen atoms in total. The lowest BCUT2D eigenvalue weighted by molar-refractivity contribution is 0.101. The summed E-state index contributed by atoms with van der Waals surface area (Å²) in [6.45, 7) is 0. The maximum Gasteiger partial charge on any atom is 0.259 e. The molecule has 0 radical (unpaired) electrons. The van der Waals surface area contributed by atoms with Crippen LogP contribution in [0.4, 0.5) is 42.9 Å². The van der Waals surface area contributed by atoms with Crippen molar-refractivity contribution in [3.8, 4) is 22.6 Å². The summed E-state index contributed by atoms with van der Waals surface area (Å²) >= 11 is 0. The minimum Gasteiger partial charge on any atom is -0.505 e. The van der Waals surface area contributed by atoms with Crippen LogP contribution in [0.1, 0.15) is 36.6 Å². The Morgan fingerprint density at radius 2 is 0.865 bits per heavy atom. The summed E-state index contributed by atoms with van der Waals surface area (Å²) in [5.41, 5.74) is 6.08. The van der Waals surface area contributed by atoms with Crippen molar-refractivity contribution in [1.29, 1.82) is 0 Å². The summed E-state index contributed by atoms with van der Waals surface area (Å²) in [7, 11) is 0. The fourth-order valence-corrected chi connectivity index (χ4v) is 9.96. The van der Waals surface area contributed by atoms with Crippen molar-refractivity contribution in [3.05, 3.63) is 204 Å². The van der Waals surface area contributed by atoms with E-state index in [0.29, 0.717) is 66.2 Å². The highest BCUT2D eigenvalue weighted by Crippen LogP contribution is 2.47. The molecule has 6 N–H and O–H groups in total. The van der Waals surface area contributed by atoms with Gasteiger partial charge in [-0.1, -0.05) is 72.8 Å². The number of halogens is 2. The molecule has 13 rings (SSSR count). The number of nitrogens with one attached hydrogen (secondary N) is 4. The Balaban J connectivity index is 0.857. The monoisotopic (exact) mass is 972 g/mol. The van der Waals surface area contributed by atoms with E-state index < -0.39 is 34.9 Å². The van der Waals surface area contributed by atoms with Crippen LogP contribution in [-0.4, -0.2) is 37.8 Å². The van der Waals surface area contributed by atoms with E-state index in [4.69, 9.17) is 0 Å². The minimum atomic E-state index is -0.653. The normalized spacial score (nSPS) is 12.3. The van der Waals surface area contributed by atoms with Crippen LogP contribution in [0, 0.1) is 11.6 Å². The molecule has 354 valence electrons. The van der Waals surface area contributed by atoms with E-state index in [9.17, 15) is 33.4 Å². The van der Waals surface area contributed by atoms with Gasteiger partial charge in [0.05, 0.1) is 33.5 Å². The summed E-state index contributed by atoms with van der Waals surface area (Å²) in [5, 5.41) is 53.3. The Morgan fingerprint density at radius 3 is 1.30 bits per heavy atom. The first kappa shape index (κ1) is 43.6. The zero-order valence-electron chi connectivity index (χ0n) is 38.3. The van der Waals surface area contributed by atoms with Gasteiger partial charge in [-0.3, -0.25) is 14.4 Å². The average Bonchev–Trinajstić information content (AvgIpc) is 4.08. The molecule has 10 aromatic carbocycles. The third kappa shape index (κ3) is 7.17. The molecule has 1 aliphatic rings. The number of ketones is 1. The van der Waals surface area contributed by atoms with Crippen molar-refractivity contribution in [3.63, 3.8) is 0 Å². The molecular formula is C59H34F2N8O5. The molecule has 0 unspecified atom stereocenters. The number of carbonyl (C=O) groups is 3. The van der Waals surface area contributed by atoms with Crippen molar-refractivity contribution < 1.29 is 33.4 Å². The third-order valence-electron chi connectivity index (χ3n) is 13.5. The van der Waals surface area contributed by atoms with E-state index in [2.05, 4.69) is 41.1 Å². The number of anilines is 2. The number of amides is 2. The second kappa shape index (κ2) is 16.9. The number of aromatic nitrogens is 2. The molecule has 0 saturated heterocycles. The molecule has 0 aliphatic heterocycles. The number of rotatable bonds is 8. The smallest absolute Gasteiger partial charge is 0.259 e. The second-order valence-corrected chi connectivity index (χ2v) is 17.9. The molecule has 12 aromatic rings. The van der Waals surface area contributed by atoms with Gasteiger partial charge < -0.3 is 30.8 Å². The Labute approximate surface area is 416 Å². The van der Waals surface area contributed by atoms with Crippen LogP contribution in [-0.2, 0) is 0 Å². The topological polar surface area (TPSA) is 197 Å². The lowest BCUT2D eigenvalue weighted by Gasteiger charge is -2.12. The second-order valence-electron chi connectivity index (χ2n) is 17.9. The molecule has 0 spiro atoms. The van der Waals surface area contributed by atoms with Crippen LogP contribution in [0.25, 0.3) is 76.3 Å². The SMILES string of the molecule is O=C1c2cc(N=Nc3c(O)c(C(=O)Nc4ccc(F)cc4)cc4ccc5c6ccccc6[nH]c5c34)ccc2-c2ccc(N=Nc3c(O)c(C(=O)Nc4ccc(F)cc4)cc4ccc5c6ccccc6[nH]c5c34)cc21. The molecule has 1 aliphatic carbocycles. The van der Waals surface area contributed by atoms with Crippen LogP contribution < -0.4 is 10.6 Å². The Kier molecular flexibility index (Phi) is 9.95. The first-order chi connectivity index (χ1) is 36.0. The van der Waals surface area contributed by atoms with Gasteiger partial charge in [0.1, 0.15) is 23.0 Å². The number of benzene rings is 10. The van der Waals surface area contributed by atoms with Gasteiger partial charge in [0.15, 0.2) is 17.3 Å². The number of para-hydroxylation sites is 2. The van der Waals surface area contributed by atoms with E-state index in [-0.39, 0.29) is 39.7 Å². The lowest BCUT2D eigenvalue weighted by Crippen LogP contribution is -2.12. The summed E-state index contributed by atoms with van der Waals surface area (Å²) in [5.74, 6) is -3.44. The number of fused-ring (bicyclic) bond motifs is 13. The molecule has 2 heterocycles. The van der Waals surface area contributed by atoms with Crippen molar-refractivity contribution >= 4 is 117 Å². The maximum absolute atomic E-state index is 14.3. The zero-order valence-corrected chi connectivity index (χ0v) is 38.3. The number of phenolic OH excluding ortho intramolecular Hbond substituents is 2. The number of hydrogen-bond acceptors (Lipinski definition) is 9. The van der Waals surface area contributed by atoms with Crippen LogP contribution in [0.2, 0.25) is 0 Å². The Morgan fingerprint density at radius 1 is 0.446 bits per heavy atom. The summed E-state index contributed by atoms with van der Waals surface area (Å²) in [6, 6.07) is 46.8. The largest absolute Gasteiger partial charge is 0.505 e. The number of carbonyl (C=O) groups excluding carboxylic acids is 3. The quantitative estimate of drug-likeness (QED) is 0.0823. The molecule has 2 amide bonds. The van der Waals surface area contributed by atoms with Gasteiger partial charge in [-0.2, -0.15) is 10.2 Å². The van der Waals surface area contributed by atoms with Crippen LogP contribution in [0.5, 0.6) is 11.5 Å². The summed E-state index contributed by atoms with van der Waals surface area (Å²) in [4.78, 5) is 48.6.